The van der Waals surface area contributed by atoms with Gasteiger partial charge in [0.2, 0.25) is 0 Å². The molecule has 3 rings (SSSR count). The summed E-state index contributed by atoms with van der Waals surface area (Å²) in [6, 6.07) is 11.3. The molecular formula is C19H19BrN4O3S. The lowest BCUT2D eigenvalue weighted by Crippen LogP contribution is -2.19. The highest BCUT2D eigenvalue weighted by Gasteiger charge is 2.11. The van der Waals surface area contributed by atoms with Gasteiger partial charge in [-0.3, -0.25) is 4.79 Å². The highest BCUT2D eigenvalue weighted by Crippen LogP contribution is 2.36. The maximum absolute atomic E-state index is 12.0. The molecule has 7 nitrogen and oxygen atoms in total. The van der Waals surface area contributed by atoms with Gasteiger partial charge in [0.1, 0.15) is 0 Å². The van der Waals surface area contributed by atoms with Gasteiger partial charge in [0.05, 0.1) is 41.2 Å². The minimum absolute atomic E-state index is 0.202. The van der Waals surface area contributed by atoms with Gasteiger partial charge in [-0.2, -0.15) is 5.10 Å². The van der Waals surface area contributed by atoms with E-state index in [-0.39, 0.29) is 11.7 Å². The minimum Gasteiger partial charge on any atom is -0.493 e. The first-order valence-electron chi connectivity index (χ1n) is 8.50. The Balaban J connectivity index is 1.56. The van der Waals surface area contributed by atoms with Crippen LogP contribution in [-0.2, 0) is 4.79 Å². The van der Waals surface area contributed by atoms with Crippen molar-refractivity contribution >= 4 is 50.8 Å². The first kappa shape index (κ1) is 20.2. The molecule has 0 radical (unpaired) electrons. The number of hydrazone groups is 1. The second-order valence-electron chi connectivity index (χ2n) is 5.61. The summed E-state index contributed by atoms with van der Waals surface area (Å²) in [7, 11) is 1.57. The van der Waals surface area contributed by atoms with Crippen molar-refractivity contribution < 1.29 is 14.3 Å². The number of hydrogen-bond acceptors (Lipinski definition) is 6. The number of methoxy groups -OCH3 is 1. The summed E-state index contributed by atoms with van der Waals surface area (Å²) in [5, 5.41) is 4.70. The van der Waals surface area contributed by atoms with Crippen molar-refractivity contribution in [1.29, 1.82) is 0 Å². The van der Waals surface area contributed by atoms with Gasteiger partial charge in [-0.1, -0.05) is 23.9 Å². The molecule has 0 bridgehead atoms. The maximum atomic E-state index is 12.0. The third-order valence-corrected chi connectivity index (χ3v) is 5.11. The lowest BCUT2D eigenvalue weighted by Gasteiger charge is -2.11. The van der Waals surface area contributed by atoms with Crippen LogP contribution in [0.1, 0.15) is 12.5 Å². The summed E-state index contributed by atoms with van der Waals surface area (Å²) in [6.07, 6.45) is 1.55. The van der Waals surface area contributed by atoms with Crippen molar-refractivity contribution in [3.8, 4) is 11.5 Å². The van der Waals surface area contributed by atoms with E-state index in [1.807, 2.05) is 37.3 Å². The molecular weight excluding hydrogens is 444 g/mol. The van der Waals surface area contributed by atoms with Crippen LogP contribution in [0, 0.1) is 0 Å². The predicted molar refractivity (Wildman–Crippen MR) is 114 cm³/mol. The molecule has 0 fully saturated rings. The molecule has 146 valence electrons. The van der Waals surface area contributed by atoms with E-state index in [9.17, 15) is 4.79 Å². The number of thioether (sulfide) groups is 1. The molecule has 3 aromatic rings. The largest absolute Gasteiger partial charge is 0.493 e. The van der Waals surface area contributed by atoms with Crippen LogP contribution in [0.3, 0.4) is 0 Å². The minimum atomic E-state index is -0.223. The maximum Gasteiger partial charge on any atom is 0.250 e. The highest BCUT2D eigenvalue weighted by molar-refractivity contribution is 9.10. The first-order chi connectivity index (χ1) is 13.6. The zero-order valence-corrected chi connectivity index (χ0v) is 17.8. The Morgan fingerprint density at radius 2 is 2.21 bits per heavy atom. The van der Waals surface area contributed by atoms with Crippen molar-refractivity contribution in [2.75, 3.05) is 19.5 Å². The van der Waals surface area contributed by atoms with Crippen LogP contribution in [0.4, 0.5) is 0 Å². The quantitative estimate of drug-likeness (QED) is 0.300. The number of carbonyl (C=O) groups is 1. The number of fused-ring (bicyclic) bond motifs is 1. The molecule has 0 unspecified atom stereocenters. The fourth-order valence-corrected chi connectivity index (χ4v) is 3.69. The number of para-hydroxylation sites is 2. The number of nitrogens with one attached hydrogen (secondary N) is 2. The number of rotatable bonds is 8. The molecule has 2 aromatic carbocycles. The molecule has 0 aliphatic heterocycles. The number of aromatic amines is 1. The van der Waals surface area contributed by atoms with Crippen LogP contribution in [0.15, 0.2) is 51.1 Å². The molecule has 0 saturated heterocycles. The number of imidazole rings is 1. The number of aromatic nitrogens is 2. The van der Waals surface area contributed by atoms with Gasteiger partial charge in [0.15, 0.2) is 16.7 Å². The van der Waals surface area contributed by atoms with E-state index in [1.165, 1.54) is 11.8 Å². The Labute approximate surface area is 175 Å². The predicted octanol–water partition coefficient (Wildman–Crippen LogP) is 3.98. The van der Waals surface area contributed by atoms with Crippen molar-refractivity contribution in [2.45, 2.75) is 12.1 Å². The van der Waals surface area contributed by atoms with Crippen molar-refractivity contribution in [3.63, 3.8) is 0 Å². The van der Waals surface area contributed by atoms with Crippen molar-refractivity contribution in [3.05, 3.63) is 46.4 Å². The first-order valence-corrected chi connectivity index (χ1v) is 10.3. The zero-order chi connectivity index (χ0) is 19.9. The van der Waals surface area contributed by atoms with E-state index in [2.05, 4.69) is 36.4 Å². The molecule has 0 saturated carbocycles. The number of H-pyrrole nitrogens is 1. The fraction of sp³-hybridized carbons (Fsp3) is 0.211. The van der Waals surface area contributed by atoms with Gasteiger partial charge in [-0.25, -0.2) is 10.4 Å². The normalized spacial score (nSPS) is 11.1. The number of halogens is 1. The smallest absolute Gasteiger partial charge is 0.250 e. The van der Waals surface area contributed by atoms with Crippen molar-refractivity contribution in [1.82, 2.24) is 15.4 Å². The molecule has 9 heteroatoms. The second kappa shape index (κ2) is 9.61. The van der Waals surface area contributed by atoms with Gasteiger partial charge in [0, 0.05) is 0 Å². The summed E-state index contributed by atoms with van der Waals surface area (Å²) in [5.74, 6) is 1.20. The number of amides is 1. The third kappa shape index (κ3) is 5.05. The summed E-state index contributed by atoms with van der Waals surface area (Å²) in [6.45, 7) is 2.43. The molecule has 1 heterocycles. The van der Waals surface area contributed by atoms with E-state index in [4.69, 9.17) is 9.47 Å². The van der Waals surface area contributed by atoms with E-state index in [0.29, 0.717) is 23.3 Å². The molecule has 0 aliphatic rings. The van der Waals surface area contributed by atoms with E-state index in [1.54, 1.807) is 19.4 Å². The number of ether oxygens (including phenoxy) is 2. The second-order valence-corrected chi connectivity index (χ2v) is 7.43. The third-order valence-electron chi connectivity index (χ3n) is 3.65. The van der Waals surface area contributed by atoms with E-state index in [0.717, 1.165) is 21.1 Å². The molecule has 1 amide bonds. The number of hydrogen-bond donors (Lipinski definition) is 2. The average Bonchev–Trinajstić information content (AvgIpc) is 3.11. The Kier molecular flexibility index (Phi) is 6.94. The molecule has 2 N–H and O–H groups in total. The molecule has 0 spiro atoms. The number of benzene rings is 2. The van der Waals surface area contributed by atoms with Crippen LogP contribution in [0.2, 0.25) is 0 Å². The molecule has 1 aromatic heterocycles. The van der Waals surface area contributed by atoms with Gasteiger partial charge >= 0.3 is 0 Å². The van der Waals surface area contributed by atoms with Crippen LogP contribution in [0.25, 0.3) is 11.0 Å². The summed E-state index contributed by atoms with van der Waals surface area (Å²) in [5.41, 5.74) is 5.09. The van der Waals surface area contributed by atoms with Gasteiger partial charge < -0.3 is 14.5 Å². The lowest BCUT2D eigenvalue weighted by molar-refractivity contribution is -0.118. The average molecular weight is 463 g/mol. The zero-order valence-electron chi connectivity index (χ0n) is 15.4. The Morgan fingerprint density at radius 1 is 1.39 bits per heavy atom. The van der Waals surface area contributed by atoms with Crippen LogP contribution >= 0.6 is 27.7 Å². The molecule has 0 aliphatic carbocycles. The summed E-state index contributed by atoms with van der Waals surface area (Å²) in [4.78, 5) is 19.6. The Hall–Kier alpha value is -2.52. The van der Waals surface area contributed by atoms with Gasteiger partial charge in [-0.15, -0.1) is 0 Å². The van der Waals surface area contributed by atoms with Crippen LogP contribution in [-0.4, -0.2) is 41.6 Å². The van der Waals surface area contributed by atoms with Gasteiger partial charge in [0.25, 0.3) is 5.91 Å². The lowest BCUT2D eigenvalue weighted by atomic mass is 10.2. The van der Waals surface area contributed by atoms with E-state index >= 15 is 0 Å². The van der Waals surface area contributed by atoms with Crippen molar-refractivity contribution in [2.24, 2.45) is 5.10 Å². The molecule has 28 heavy (non-hydrogen) atoms. The fourth-order valence-electron chi connectivity index (χ4n) is 2.44. The molecule has 0 atom stereocenters. The Bertz CT molecular complexity index is 973. The van der Waals surface area contributed by atoms with Gasteiger partial charge in [-0.05, 0) is 52.7 Å². The van der Waals surface area contributed by atoms with Crippen LogP contribution in [0.5, 0.6) is 11.5 Å². The number of carbonyl (C=O) groups excluding carboxylic acids is 1. The summed E-state index contributed by atoms with van der Waals surface area (Å²) >= 11 is 4.78. The topological polar surface area (TPSA) is 88.6 Å². The standard InChI is InChI=1S/C19H19BrN4O3S/c1-3-27-18-13(20)8-12(9-16(18)26-2)10-21-24-17(25)11-28-19-22-14-6-4-5-7-15(14)23-19/h4-10H,3,11H2,1-2H3,(H,22,23)(H,24,25)/b21-10-. The highest BCUT2D eigenvalue weighted by atomic mass is 79.9. The van der Waals surface area contributed by atoms with E-state index < -0.39 is 0 Å². The Morgan fingerprint density at radius 3 is 2.96 bits per heavy atom. The van der Waals surface area contributed by atoms with Crippen LogP contribution < -0.4 is 14.9 Å². The number of nitrogens with zero attached hydrogens (tertiary/aromatic N) is 2. The monoisotopic (exact) mass is 462 g/mol. The SMILES string of the molecule is CCOc1c(Br)cc(/C=N\NC(=O)CSc2nc3ccccc3[nH]2)cc1OC. The summed E-state index contributed by atoms with van der Waals surface area (Å²) < 4.78 is 11.6.